The van der Waals surface area contributed by atoms with E-state index in [1.165, 1.54) is 0 Å². The maximum absolute atomic E-state index is 13.2. The van der Waals surface area contributed by atoms with Crippen LogP contribution in [-0.2, 0) is 4.74 Å². The number of pyridine rings is 1. The van der Waals surface area contributed by atoms with Crippen molar-refractivity contribution in [2.45, 2.75) is 0 Å². The molecular formula is C12H11F2NO3. The zero-order valence-corrected chi connectivity index (χ0v) is 9.79. The molecule has 96 valence electrons. The number of nitrogens with one attached hydrogen (secondary N) is 1. The van der Waals surface area contributed by atoms with Crippen LogP contribution in [0.25, 0.3) is 10.9 Å². The number of benzene rings is 1. The molecule has 0 spiro atoms. The number of aromatic nitrogens is 1. The quantitative estimate of drug-likeness (QED) is 0.791. The Hall–Kier alpha value is -2.08. The van der Waals surface area contributed by atoms with Gasteiger partial charge >= 0.3 is 0 Å². The number of H-pyrrole nitrogens is 1. The number of carbonyl (C=O) groups is 1. The number of hydrogen-bond donors (Lipinski definition) is 1. The number of methoxy groups -OCH3 is 1. The van der Waals surface area contributed by atoms with Gasteiger partial charge in [-0.2, -0.15) is 0 Å². The van der Waals surface area contributed by atoms with Gasteiger partial charge in [0.25, 0.3) is 0 Å². The SMILES string of the molecule is COC.O=Cc1cc(=O)c2c(F)cc(F)cc2[nH]1. The Bertz CT molecular complexity index is 622. The predicted molar refractivity (Wildman–Crippen MR) is 62.8 cm³/mol. The summed E-state index contributed by atoms with van der Waals surface area (Å²) in [4.78, 5) is 24.2. The second-order valence-electron chi connectivity index (χ2n) is 3.43. The molecule has 6 heteroatoms. The molecule has 1 aromatic carbocycles. The van der Waals surface area contributed by atoms with Crippen LogP contribution >= 0.6 is 0 Å². The zero-order chi connectivity index (χ0) is 13.7. The highest BCUT2D eigenvalue weighted by atomic mass is 19.1. The Labute approximate surface area is 101 Å². The monoisotopic (exact) mass is 255 g/mol. The van der Waals surface area contributed by atoms with Gasteiger partial charge in [0.15, 0.2) is 11.7 Å². The molecule has 0 aliphatic rings. The Morgan fingerprint density at radius 1 is 1.22 bits per heavy atom. The first-order valence-electron chi connectivity index (χ1n) is 4.91. The Morgan fingerprint density at radius 2 is 1.83 bits per heavy atom. The summed E-state index contributed by atoms with van der Waals surface area (Å²) in [5.41, 5.74) is -0.692. The molecule has 0 saturated heterocycles. The minimum Gasteiger partial charge on any atom is -0.388 e. The number of ether oxygens (including phenoxy) is 1. The minimum atomic E-state index is -0.941. The molecule has 0 unspecified atom stereocenters. The third-order valence-electron chi connectivity index (χ3n) is 1.99. The van der Waals surface area contributed by atoms with Gasteiger partial charge in [-0.1, -0.05) is 0 Å². The Morgan fingerprint density at radius 3 is 2.39 bits per heavy atom. The van der Waals surface area contributed by atoms with Crippen LogP contribution in [0.3, 0.4) is 0 Å². The summed E-state index contributed by atoms with van der Waals surface area (Å²) in [6.07, 6.45) is 0.406. The molecule has 0 saturated carbocycles. The average Bonchev–Trinajstić information content (AvgIpc) is 2.28. The molecule has 0 bridgehead atoms. The van der Waals surface area contributed by atoms with Crippen molar-refractivity contribution in [2.75, 3.05) is 14.2 Å². The third kappa shape index (κ3) is 2.98. The highest BCUT2D eigenvalue weighted by Crippen LogP contribution is 2.14. The molecule has 18 heavy (non-hydrogen) atoms. The number of fused-ring (bicyclic) bond motifs is 1. The van der Waals surface area contributed by atoms with E-state index in [0.29, 0.717) is 12.4 Å². The van der Waals surface area contributed by atoms with E-state index in [1.54, 1.807) is 14.2 Å². The Kier molecular flexibility index (Phi) is 4.67. The number of aromatic amines is 1. The van der Waals surface area contributed by atoms with E-state index in [9.17, 15) is 18.4 Å². The third-order valence-corrected chi connectivity index (χ3v) is 1.99. The molecule has 0 aliphatic carbocycles. The summed E-state index contributed by atoms with van der Waals surface area (Å²) in [6.45, 7) is 0. The fourth-order valence-electron chi connectivity index (χ4n) is 1.39. The molecule has 0 aliphatic heterocycles. The second kappa shape index (κ2) is 6.02. The van der Waals surface area contributed by atoms with Crippen LogP contribution in [0.15, 0.2) is 23.0 Å². The van der Waals surface area contributed by atoms with Crippen molar-refractivity contribution in [3.8, 4) is 0 Å². The molecule has 0 fully saturated rings. The van der Waals surface area contributed by atoms with Gasteiger partial charge < -0.3 is 9.72 Å². The van der Waals surface area contributed by atoms with E-state index < -0.39 is 17.1 Å². The fraction of sp³-hybridized carbons (Fsp3) is 0.167. The van der Waals surface area contributed by atoms with Gasteiger partial charge in [0, 0.05) is 26.4 Å². The van der Waals surface area contributed by atoms with Crippen molar-refractivity contribution in [3.63, 3.8) is 0 Å². The van der Waals surface area contributed by atoms with E-state index >= 15 is 0 Å². The normalized spacial score (nSPS) is 9.78. The van der Waals surface area contributed by atoms with Crippen LogP contribution < -0.4 is 5.43 Å². The van der Waals surface area contributed by atoms with Crippen molar-refractivity contribution in [3.05, 3.63) is 45.8 Å². The van der Waals surface area contributed by atoms with Gasteiger partial charge in [-0.05, 0) is 6.07 Å². The molecule has 1 aromatic heterocycles. The van der Waals surface area contributed by atoms with E-state index in [4.69, 9.17) is 0 Å². The topological polar surface area (TPSA) is 59.2 Å². The second-order valence-corrected chi connectivity index (χ2v) is 3.43. The van der Waals surface area contributed by atoms with E-state index in [0.717, 1.165) is 12.1 Å². The minimum absolute atomic E-state index is 0.0162. The maximum Gasteiger partial charge on any atom is 0.193 e. The van der Waals surface area contributed by atoms with Crippen molar-refractivity contribution >= 4 is 17.2 Å². The standard InChI is InChI=1S/C10H5F2NO2.C2H6O/c11-5-1-7(12)10-8(2-5)13-6(4-14)3-9(10)15;1-3-2/h1-4H,(H,13,15);1-2H3. The first kappa shape index (κ1) is 14.0. The molecule has 2 rings (SSSR count). The molecule has 1 N–H and O–H groups in total. The summed E-state index contributed by atoms with van der Waals surface area (Å²) in [6, 6.07) is 2.56. The lowest BCUT2D eigenvalue weighted by molar-refractivity contribution is 0.111. The number of hydrogen-bond acceptors (Lipinski definition) is 3. The molecule has 0 radical (unpaired) electrons. The van der Waals surface area contributed by atoms with Gasteiger partial charge in [-0.25, -0.2) is 8.78 Å². The van der Waals surface area contributed by atoms with Gasteiger partial charge in [0.1, 0.15) is 11.6 Å². The molecule has 0 amide bonds. The highest BCUT2D eigenvalue weighted by Gasteiger charge is 2.08. The van der Waals surface area contributed by atoms with Crippen molar-refractivity contribution in [2.24, 2.45) is 0 Å². The number of aldehydes is 1. The van der Waals surface area contributed by atoms with Crippen LogP contribution in [-0.4, -0.2) is 25.5 Å². The summed E-state index contributed by atoms with van der Waals surface area (Å²) in [7, 11) is 3.25. The zero-order valence-electron chi connectivity index (χ0n) is 9.79. The van der Waals surface area contributed by atoms with Crippen LogP contribution in [0.5, 0.6) is 0 Å². The lowest BCUT2D eigenvalue weighted by Gasteiger charge is -2.00. The largest absolute Gasteiger partial charge is 0.388 e. The van der Waals surface area contributed by atoms with E-state index in [2.05, 4.69) is 9.72 Å². The number of carbonyl (C=O) groups excluding carboxylic acids is 1. The first-order chi connectivity index (χ1) is 8.53. The summed E-state index contributed by atoms with van der Waals surface area (Å²) < 4.78 is 30.3. The first-order valence-corrected chi connectivity index (χ1v) is 4.91. The fourth-order valence-corrected chi connectivity index (χ4v) is 1.39. The molecular weight excluding hydrogens is 244 g/mol. The number of halogens is 2. The molecule has 4 nitrogen and oxygen atoms in total. The van der Waals surface area contributed by atoms with E-state index in [-0.39, 0.29) is 16.6 Å². The highest BCUT2D eigenvalue weighted by molar-refractivity contribution is 5.83. The molecule has 0 atom stereocenters. The Balaban J connectivity index is 0.000000492. The van der Waals surface area contributed by atoms with Gasteiger partial charge in [-0.3, -0.25) is 9.59 Å². The lowest BCUT2D eigenvalue weighted by atomic mass is 10.2. The number of rotatable bonds is 1. The van der Waals surface area contributed by atoms with Gasteiger partial charge in [0.05, 0.1) is 16.6 Å². The maximum atomic E-state index is 13.2. The van der Waals surface area contributed by atoms with Gasteiger partial charge in [-0.15, -0.1) is 0 Å². The van der Waals surface area contributed by atoms with Crippen LogP contribution in [0.1, 0.15) is 10.5 Å². The predicted octanol–water partition coefficient (Wildman–Crippen LogP) is 1.88. The van der Waals surface area contributed by atoms with Gasteiger partial charge in [0.2, 0.25) is 0 Å². The van der Waals surface area contributed by atoms with Crippen LogP contribution in [0.2, 0.25) is 0 Å². The smallest absolute Gasteiger partial charge is 0.193 e. The van der Waals surface area contributed by atoms with Crippen molar-refractivity contribution in [1.29, 1.82) is 0 Å². The van der Waals surface area contributed by atoms with E-state index in [1.807, 2.05) is 0 Å². The van der Waals surface area contributed by atoms with Crippen LogP contribution in [0.4, 0.5) is 8.78 Å². The molecule has 1 heterocycles. The summed E-state index contributed by atoms with van der Waals surface area (Å²) >= 11 is 0. The van der Waals surface area contributed by atoms with Crippen LogP contribution in [0, 0.1) is 11.6 Å². The average molecular weight is 255 g/mol. The van der Waals surface area contributed by atoms with Crippen molar-refractivity contribution in [1.82, 2.24) is 4.98 Å². The summed E-state index contributed by atoms with van der Waals surface area (Å²) in [5, 5.41) is -0.248. The summed E-state index contributed by atoms with van der Waals surface area (Å²) in [5.74, 6) is -1.75. The van der Waals surface area contributed by atoms with Crippen molar-refractivity contribution < 1.29 is 18.3 Å². The lowest BCUT2D eigenvalue weighted by Crippen LogP contribution is -2.07. The molecule has 2 aromatic rings.